The van der Waals surface area contributed by atoms with Crippen LogP contribution in [0.1, 0.15) is 19.8 Å². The average molecular weight is 263 g/mol. The van der Waals surface area contributed by atoms with Gasteiger partial charge < -0.3 is 24.8 Å². The second-order valence-corrected chi connectivity index (χ2v) is 5.55. The van der Waals surface area contributed by atoms with Crippen LogP contribution >= 0.6 is 0 Å². The van der Waals surface area contributed by atoms with E-state index in [4.69, 9.17) is 0 Å². The topological polar surface area (TPSA) is 0 Å². The van der Waals surface area contributed by atoms with Crippen LogP contribution in [0.25, 0.3) is 0 Å². The van der Waals surface area contributed by atoms with Gasteiger partial charge in [-0.2, -0.15) is 0 Å². The molecular formula is C11H12Cl2Ti. The molecule has 2 rings (SSSR count). The summed E-state index contributed by atoms with van der Waals surface area (Å²) in [6, 6.07) is 0. The van der Waals surface area contributed by atoms with E-state index in [0.29, 0.717) is 0 Å². The molecule has 74 valence electrons. The van der Waals surface area contributed by atoms with E-state index >= 15 is 0 Å². The average Bonchev–Trinajstić information content (AvgIpc) is 2.65. The molecule has 0 saturated carbocycles. The van der Waals surface area contributed by atoms with Crippen LogP contribution in [0.15, 0.2) is 43.7 Å². The first-order chi connectivity index (χ1) is 5.86. The summed E-state index contributed by atoms with van der Waals surface area (Å²) in [4.78, 5) is 0. The Kier molecular flexibility index (Phi) is 6.81. The molecule has 14 heavy (non-hydrogen) atoms. The van der Waals surface area contributed by atoms with Crippen molar-refractivity contribution in [3.05, 3.63) is 43.7 Å². The minimum Gasteiger partial charge on any atom is -1.00 e. The summed E-state index contributed by atoms with van der Waals surface area (Å²) in [6.07, 6.45) is 13.8. The normalized spacial score (nSPS) is 17.4. The standard InChI is InChI=1S/C6H7.C5H5.2ClH.Ti/c1-6-4-2-3-5-6;1-2-4-5-3-1;;;/h2,4H,3H2,1H3;1-3H,4H2;2*1H;/q;;;;+2/p-2. The van der Waals surface area contributed by atoms with Gasteiger partial charge in [-0.25, -0.2) is 0 Å². The molecule has 3 heteroatoms. The molecule has 0 aromatic carbocycles. The molecule has 0 heterocycles. The fourth-order valence-electron chi connectivity index (χ4n) is 1.50. The Labute approximate surface area is 107 Å². The molecule has 0 aliphatic heterocycles. The van der Waals surface area contributed by atoms with Gasteiger partial charge in [0.25, 0.3) is 0 Å². The molecule has 0 spiro atoms. The van der Waals surface area contributed by atoms with Crippen molar-refractivity contribution >= 4 is 0 Å². The van der Waals surface area contributed by atoms with E-state index in [1.165, 1.54) is 18.4 Å². The minimum atomic E-state index is 0. The zero-order valence-corrected chi connectivity index (χ0v) is 11.1. The molecule has 0 nitrogen and oxygen atoms in total. The van der Waals surface area contributed by atoms with Crippen LogP contribution in [0.3, 0.4) is 0 Å². The van der Waals surface area contributed by atoms with Crippen LogP contribution < -0.4 is 24.8 Å². The maximum atomic E-state index is 2.30. The summed E-state index contributed by atoms with van der Waals surface area (Å²) in [5, 5.41) is 0. The van der Waals surface area contributed by atoms with Gasteiger partial charge in [-0.05, 0) is 0 Å². The first-order valence-electron chi connectivity index (χ1n) is 4.35. The number of allylic oxidation sites excluding steroid dienone is 8. The van der Waals surface area contributed by atoms with Crippen LogP contribution in [0.5, 0.6) is 0 Å². The van der Waals surface area contributed by atoms with Crippen molar-refractivity contribution in [1.82, 2.24) is 0 Å². The van der Waals surface area contributed by atoms with E-state index in [1.807, 2.05) is 0 Å². The maximum Gasteiger partial charge on any atom is -1.00 e. The molecule has 2 aliphatic rings. The molecule has 0 atom stereocenters. The SMILES string of the molecule is CC1=[C]([Ti+2][C]2=CC=CC2)CC=C1.[Cl-].[Cl-]. The van der Waals surface area contributed by atoms with E-state index in [1.54, 1.807) is 7.76 Å². The first-order valence-corrected chi connectivity index (χ1v) is 5.91. The second-order valence-electron chi connectivity index (χ2n) is 3.22. The van der Waals surface area contributed by atoms with E-state index in [9.17, 15) is 0 Å². The zero-order chi connectivity index (χ0) is 8.39. The Morgan fingerprint density at radius 2 is 1.93 bits per heavy atom. The Balaban J connectivity index is 0.000000845. The monoisotopic (exact) mass is 262 g/mol. The van der Waals surface area contributed by atoms with Gasteiger partial charge in [0.2, 0.25) is 0 Å². The minimum absolute atomic E-state index is 0. The summed E-state index contributed by atoms with van der Waals surface area (Å²) >= 11 is 0.0579. The summed E-state index contributed by atoms with van der Waals surface area (Å²) in [5.41, 5.74) is 1.53. The van der Waals surface area contributed by atoms with Gasteiger partial charge in [-0.15, -0.1) is 0 Å². The van der Waals surface area contributed by atoms with Gasteiger partial charge in [-0.1, -0.05) is 0 Å². The summed E-state index contributed by atoms with van der Waals surface area (Å²) in [6.45, 7) is 2.24. The van der Waals surface area contributed by atoms with Crippen molar-refractivity contribution in [2.75, 3.05) is 0 Å². The van der Waals surface area contributed by atoms with Crippen molar-refractivity contribution in [2.45, 2.75) is 19.8 Å². The Morgan fingerprint density at radius 1 is 1.14 bits per heavy atom. The molecule has 0 aromatic rings. The summed E-state index contributed by atoms with van der Waals surface area (Å²) < 4.78 is 3.41. The van der Waals surface area contributed by atoms with Crippen molar-refractivity contribution in [3.63, 3.8) is 0 Å². The predicted molar refractivity (Wildman–Crippen MR) is 48.3 cm³/mol. The molecule has 0 radical (unpaired) electrons. The van der Waals surface area contributed by atoms with E-state index in [-0.39, 0.29) is 44.0 Å². The smallest absolute Gasteiger partial charge is 1.00 e. The molecule has 0 aromatic heterocycles. The molecule has 2 aliphatic carbocycles. The van der Waals surface area contributed by atoms with Crippen molar-refractivity contribution in [3.8, 4) is 0 Å². The number of hydrogen-bond donors (Lipinski definition) is 0. The predicted octanol–water partition coefficient (Wildman–Crippen LogP) is -2.85. The number of halogens is 2. The molecular weight excluding hydrogens is 251 g/mol. The molecule has 0 bridgehead atoms. The first kappa shape index (κ1) is 14.3. The van der Waals surface area contributed by atoms with Gasteiger partial charge in [-0.3, -0.25) is 0 Å². The largest absolute Gasteiger partial charge is 1.00 e. The Hall–Kier alpha value is 0.254. The number of hydrogen-bond acceptors (Lipinski definition) is 0. The maximum absolute atomic E-state index is 2.30. The molecule has 0 N–H and O–H groups in total. The fraction of sp³-hybridized carbons (Fsp3) is 0.273. The molecule has 0 unspecified atom stereocenters. The third kappa shape index (κ3) is 3.44. The van der Waals surface area contributed by atoms with Crippen LogP contribution in [-0.4, -0.2) is 0 Å². The zero-order valence-electron chi connectivity index (χ0n) is 8.06. The summed E-state index contributed by atoms with van der Waals surface area (Å²) in [5.74, 6) is 0. The van der Waals surface area contributed by atoms with Gasteiger partial charge in [0.15, 0.2) is 0 Å². The van der Waals surface area contributed by atoms with Gasteiger partial charge in [0, 0.05) is 0 Å². The Morgan fingerprint density at radius 3 is 2.43 bits per heavy atom. The van der Waals surface area contributed by atoms with Crippen molar-refractivity contribution in [2.24, 2.45) is 0 Å². The van der Waals surface area contributed by atoms with Crippen LogP contribution in [0.2, 0.25) is 0 Å². The number of rotatable bonds is 2. The third-order valence-electron chi connectivity index (χ3n) is 2.25. The summed E-state index contributed by atoms with van der Waals surface area (Å²) in [7, 11) is 0. The van der Waals surface area contributed by atoms with Crippen LogP contribution in [-0.2, 0) is 19.2 Å². The van der Waals surface area contributed by atoms with Crippen molar-refractivity contribution < 1.29 is 44.0 Å². The second kappa shape index (κ2) is 6.69. The molecule has 0 amide bonds. The third-order valence-corrected chi connectivity index (χ3v) is 4.73. The Bertz CT molecular complexity index is 311. The van der Waals surface area contributed by atoms with E-state index < -0.39 is 0 Å². The van der Waals surface area contributed by atoms with Crippen LogP contribution in [0, 0.1) is 0 Å². The molecule has 0 saturated heterocycles. The van der Waals surface area contributed by atoms with Crippen LogP contribution in [0.4, 0.5) is 0 Å². The van der Waals surface area contributed by atoms with Gasteiger partial charge in [0.1, 0.15) is 0 Å². The fourth-order valence-corrected chi connectivity index (χ4v) is 3.51. The van der Waals surface area contributed by atoms with E-state index in [2.05, 4.69) is 37.3 Å². The quantitative estimate of drug-likeness (QED) is 0.471. The van der Waals surface area contributed by atoms with Gasteiger partial charge >= 0.3 is 82.6 Å². The van der Waals surface area contributed by atoms with Crippen molar-refractivity contribution in [1.29, 1.82) is 0 Å². The van der Waals surface area contributed by atoms with Gasteiger partial charge in [0.05, 0.1) is 0 Å². The van der Waals surface area contributed by atoms with E-state index in [0.717, 1.165) is 0 Å². The molecule has 0 fully saturated rings.